The molecule has 0 aromatic carbocycles. The van der Waals surface area contributed by atoms with E-state index in [9.17, 15) is 4.79 Å². The van der Waals surface area contributed by atoms with Gasteiger partial charge in [0.2, 0.25) is 5.13 Å². The molecule has 1 aliphatic carbocycles. The Labute approximate surface area is 171 Å². The van der Waals surface area contributed by atoms with E-state index in [4.69, 9.17) is 4.74 Å². The highest BCUT2D eigenvalue weighted by Gasteiger charge is 2.25. The standard InChI is InChI=1S/C20H33N5O2S/c26-20(21-19-23-22-18(28-19)17-4-2-1-3-5-17)25-10-7-16(8-11-25)6-9-24-12-14-27-15-13-24/h16-17H,1-15H2,(H,21,23,26). The molecule has 28 heavy (non-hydrogen) atoms. The Morgan fingerprint density at radius 1 is 1.04 bits per heavy atom. The van der Waals surface area contributed by atoms with E-state index in [0.29, 0.717) is 11.0 Å². The van der Waals surface area contributed by atoms with Crippen LogP contribution in [-0.4, -0.2) is 72.0 Å². The van der Waals surface area contributed by atoms with Crippen LogP contribution in [0, 0.1) is 5.92 Å². The van der Waals surface area contributed by atoms with Gasteiger partial charge in [0.15, 0.2) is 0 Å². The summed E-state index contributed by atoms with van der Waals surface area (Å²) in [5, 5.41) is 13.3. The number of hydrogen-bond donors (Lipinski definition) is 1. The number of nitrogens with one attached hydrogen (secondary N) is 1. The lowest BCUT2D eigenvalue weighted by atomic mass is 9.90. The molecule has 2 saturated heterocycles. The van der Waals surface area contributed by atoms with Crippen LogP contribution in [0.25, 0.3) is 0 Å². The molecule has 3 heterocycles. The fraction of sp³-hybridized carbons (Fsp3) is 0.850. The molecule has 8 heteroatoms. The minimum absolute atomic E-state index is 0.0158. The van der Waals surface area contributed by atoms with E-state index in [2.05, 4.69) is 20.4 Å². The molecule has 1 saturated carbocycles. The van der Waals surface area contributed by atoms with Crippen molar-refractivity contribution in [2.75, 3.05) is 51.3 Å². The summed E-state index contributed by atoms with van der Waals surface area (Å²) in [4.78, 5) is 17.0. The van der Waals surface area contributed by atoms with Gasteiger partial charge in [-0.05, 0) is 44.6 Å². The predicted octanol–water partition coefficient (Wildman–Crippen LogP) is 3.55. The normalized spacial score (nSPS) is 23.1. The first-order valence-corrected chi connectivity index (χ1v) is 11.8. The van der Waals surface area contributed by atoms with Gasteiger partial charge < -0.3 is 9.64 Å². The van der Waals surface area contributed by atoms with E-state index < -0.39 is 0 Å². The van der Waals surface area contributed by atoms with Crippen LogP contribution in [-0.2, 0) is 4.74 Å². The number of carbonyl (C=O) groups is 1. The molecule has 3 aliphatic rings. The molecular weight excluding hydrogens is 374 g/mol. The number of rotatable bonds is 5. The molecule has 0 radical (unpaired) electrons. The average Bonchev–Trinajstić information content (AvgIpc) is 3.22. The van der Waals surface area contributed by atoms with Crippen molar-refractivity contribution in [3.05, 3.63) is 5.01 Å². The summed E-state index contributed by atoms with van der Waals surface area (Å²) in [7, 11) is 0. The van der Waals surface area contributed by atoms with Crippen molar-refractivity contribution in [1.29, 1.82) is 0 Å². The molecular formula is C20H33N5O2S. The number of nitrogens with zero attached hydrogens (tertiary/aromatic N) is 4. The van der Waals surface area contributed by atoms with Crippen LogP contribution < -0.4 is 5.32 Å². The van der Waals surface area contributed by atoms with Crippen LogP contribution >= 0.6 is 11.3 Å². The molecule has 4 rings (SSSR count). The van der Waals surface area contributed by atoms with Gasteiger partial charge in [0.25, 0.3) is 0 Å². The molecule has 3 fully saturated rings. The van der Waals surface area contributed by atoms with Crippen molar-refractivity contribution in [3.63, 3.8) is 0 Å². The van der Waals surface area contributed by atoms with E-state index >= 15 is 0 Å². The zero-order valence-electron chi connectivity index (χ0n) is 16.8. The molecule has 0 atom stereocenters. The number of urea groups is 1. The maximum absolute atomic E-state index is 12.6. The summed E-state index contributed by atoms with van der Waals surface area (Å²) in [5.41, 5.74) is 0. The summed E-state index contributed by atoms with van der Waals surface area (Å²) < 4.78 is 5.42. The number of piperidine rings is 1. The van der Waals surface area contributed by atoms with Crippen molar-refractivity contribution in [2.45, 2.75) is 57.3 Å². The van der Waals surface area contributed by atoms with Gasteiger partial charge in [-0.1, -0.05) is 30.6 Å². The van der Waals surface area contributed by atoms with Gasteiger partial charge in [-0.15, -0.1) is 10.2 Å². The maximum atomic E-state index is 12.6. The Morgan fingerprint density at radius 2 is 1.79 bits per heavy atom. The number of hydrogen-bond acceptors (Lipinski definition) is 6. The van der Waals surface area contributed by atoms with Crippen LogP contribution in [0.3, 0.4) is 0 Å². The summed E-state index contributed by atoms with van der Waals surface area (Å²) in [6.45, 7) is 6.70. The monoisotopic (exact) mass is 407 g/mol. The highest BCUT2D eigenvalue weighted by Crippen LogP contribution is 2.35. The van der Waals surface area contributed by atoms with E-state index in [1.807, 2.05) is 4.90 Å². The fourth-order valence-electron chi connectivity index (χ4n) is 4.58. The highest BCUT2D eigenvalue weighted by atomic mass is 32.1. The van der Waals surface area contributed by atoms with Gasteiger partial charge in [0.05, 0.1) is 13.2 Å². The number of ether oxygens (including phenoxy) is 1. The van der Waals surface area contributed by atoms with Gasteiger partial charge in [-0.3, -0.25) is 10.2 Å². The first-order valence-electron chi connectivity index (χ1n) is 11.0. The summed E-state index contributed by atoms with van der Waals surface area (Å²) in [6, 6.07) is -0.0158. The van der Waals surface area contributed by atoms with Crippen LogP contribution in [0.15, 0.2) is 0 Å². The zero-order valence-corrected chi connectivity index (χ0v) is 17.6. The summed E-state index contributed by atoms with van der Waals surface area (Å²) in [6.07, 6.45) is 9.75. The topological polar surface area (TPSA) is 70.6 Å². The second kappa shape index (κ2) is 9.98. The molecule has 2 amide bonds. The van der Waals surface area contributed by atoms with Gasteiger partial charge in [-0.2, -0.15) is 0 Å². The first kappa shape index (κ1) is 20.0. The Balaban J connectivity index is 1.18. The van der Waals surface area contributed by atoms with Crippen LogP contribution in [0.4, 0.5) is 9.93 Å². The van der Waals surface area contributed by atoms with Gasteiger partial charge >= 0.3 is 6.03 Å². The number of likely N-dealkylation sites (tertiary alicyclic amines) is 1. The second-order valence-corrected chi connectivity index (χ2v) is 9.39. The minimum Gasteiger partial charge on any atom is -0.379 e. The number of amides is 2. The second-order valence-electron chi connectivity index (χ2n) is 8.38. The molecule has 0 bridgehead atoms. The first-order chi connectivity index (χ1) is 13.8. The molecule has 1 N–H and O–H groups in total. The largest absolute Gasteiger partial charge is 0.379 e. The van der Waals surface area contributed by atoms with E-state index in [0.717, 1.165) is 69.7 Å². The highest BCUT2D eigenvalue weighted by molar-refractivity contribution is 7.15. The number of morpholine rings is 1. The van der Waals surface area contributed by atoms with E-state index in [1.165, 1.54) is 38.5 Å². The lowest BCUT2D eigenvalue weighted by Crippen LogP contribution is -2.42. The molecule has 0 spiro atoms. The predicted molar refractivity (Wildman–Crippen MR) is 111 cm³/mol. The van der Waals surface area contributed by atoms with Gasteiger partial charge in [0.1, 0.15) is 5.01 Å². The lowest BCUT2D eigenvalue weighted by Gasteiger charge is -2.33. The Morgan fingerprint density at radius 3 is 2.54 bits per heavy atom. The Kier molecular flexibility index (Phi) is 7.14. The number of anilines is 1. The maximum Gasteiger partial charge on any atom is 0.323 e. The smallest absolute Gasteiger partial charge is 0.323 e. The molecule has 1 aromatic heterocycles. The van der Waals surface area contributed by atoms with E-state index in [-0.39, 0.29) is 6.03 Å². The minimum atomic E-state index is -0.0158. The van der Waals surface area contributed by atoms with Crippen LogP contribution in [0.5, 0.6) is 0 Å². The SMILES string of the molecule is O=C(Nc1nnc(C2CCCCC2)s1)N1CCC(CCN2CCOCC2)CC1. The Bertz CT molecular complexity index is 620. The third-order valence-electron chi connectivity index (χ3n) is 6.47. The number of aromatic nitrogens is 2. The summed E-state index contributed by atoms with van der Waals surface area (Å²) in [5.74, 6) is 1.27. The molecule has 0 unspecified atom stereocenters. The van der Waals surface area contributed by atoms with Crippen molar-refractivity contribution in [2.24, 2.45) is 5.92 Å². The lowest BCUT2D eigenvalue weighted by molar-refractivity contribution is 0.0340. The third kappa shape index (κ3) is 5.42. The van der Waals surface area contributed by atoms with E-state index in [1.54, 1.807) is 11.3 Å². The van der Waals surface area contributed by atoms with Crippen molar-refractivity contribution in [1.82, 2.24) is 20.0 Å². The van der Waals surface area contributed by atoms with Gasteiger partial charge in [-0.25, -0.2) is 4.79 Å². The van der Waals surface area contributed by atoms with Crippen molar-refractivity contribution < 1.29 is 9.53 Å². The molecule has 2 aliphatic heterocycles. The Hall–Kier alpha value is -1.25. The molecule has 7 nitrogen and oxygen atoms in total. The summed E-state index contributed by atoms with van der Waals surface area (Å²) >= 11 is 1.56. The van der Waals surface area contributed by atoms with Crippen LogP contribution in [0.2, 0.25) is 0 Å². The quantitative estimate of drug-likeness (QED) is 0.808. The number of carbonyl (C=O) groups excluding carboxylic acids is 1. The zero-order chi connectivity index (χ0) is 19.2. The van der Waals surface area contributed by atoms with Gasteiger partial charge in [0, 0.05) is 32.1 Å². The van der Waals surface area contributed by atoms with Crippen molar-refractivity contribution in [3.8, 4) is 0 Å². The fourth-order valence-corrected chi connectivity index (χ4v) is 5.49. The van der Waals surface area contributed by atoms with Crippen LogP contribution in [0.1, 0.15) is 62.3 Å². The third-order valence-corrected chi connectivity index (χ3v) is 7.47. The molecule has 1 aromatic rings. The van der Waals surface area contributed by atoms with Crippen molar-refractivity contribution >= 4 is 22.5 Å². The average molecular weight is 408 g/mol. The molecule has 156 valence electrons.